The lowest BCUT2D eigenvalue weighted by atomic mass is 9.97. The van der Waals surface area contributed by atoms with Crippen LogP contribution in [0.2, 0.25) is 0 Å². The summed E-state index contributed by atoms with van der Waals surface area (Å²) in [7, 11) is 0. The lowest BCUT2D eigenvalue weighted by Crippen LogP contribution is -2.35. The van der Waals surface area contributed by atoms with Crippen molar-refractivity contribution in [3.05, 3.63) is 36.2 Å². The van der Waals surface area contributed by atoms with Crippen molar-refractivity contribution in [2.75, 3.05) is 0 Å². The van der Waals surface area contributed by atoms with Crippen LogP contribution < -0.4 is 5.32 Å². The van der Waals surface area contributed by atoms with Crippen molar-refractivity contribution in [3.63, 3.8) is 0 Å². The molecular formula is C14H21N5. The molecule has 0 aromatic carbocycles. The van der Waals surface area contributed by atoms with E-state index in [0.717, 1.165) is 0 Å². The van der Waals surface area contributed by atoms with Gasteiger partial charge in [0.1, 0.15) is 0 Å². The Labute approximate surface area is 113 Å². The summed E-state index contributed by atoms with van der Waals surface area (Å²) in [5.74, 6) is 0. The van der Waals surface area contributed by atoms with Gasteiger partial charge in [-0.3, -0.25) is 5.10 Å². The number of hydrogen-bond acceptors (Lipinski definition) is 3. The molecule has 1 saturated heterocycles. The molecule has 2 aromatic rings. The fourth-order valence-electron chi connectivity index (χ4n) is 2.93. The van der Waals surface area contributed by atoms with Crippen LogP contribution in [0.25, 0.3) is 0 Å². The second kappa shape index (κ2) is 5.17. The van der Waals surface area contributed by atoms with Crippen LogP contribution in [0, 0.1) is 0 Å². The monoisotopic (exact) mass is 259 g/mol. The maximum Gasteiger partial charge on any atom is 0.0954 e. The molecule has 0 spiro atoms. The van der Waals surface area contributed by atoms with Gasteiger partial charge in [-0.2, -0.15) is 5.10 Å². The Bertz CT molecular complexity index is 516. The summed E-state index contributed by atoms with van der Waals surface area (Å²) in [6.45, 7) is 4.44. The molecule has 102 valence electrons. The topological polar surface area (TPSA) is 58.5 Å². The lowest BCUT2D eigenvalue weighted by molar-refractivity contribution is 0.327. The highest BCUT2D eigenvalue weighted by molar-refractivity contribution is 5.16. The molecule has 3 atom stereocenters. The summed E-state index contributed by atoms with van der Waals surface area (Å²) < 4.78 is 2.25. The van der Waals surface area contributed by atoms with Gasteiger partial charge in [0, 0.05) is 30.0 Å². The normalized spacial score (nSPS) is 25.4. The minimum absolute atomic E-state index is 0.260. The van der Waals surface area contributed by atoms with E-state index in [4.69, 9.17) is 0 Å². The molecule has 0 saturated carbocycles. The zero-order valence-electron chi connectivity index (χ0n) is 11.5. The van der Waals surface area contributed by atoms with Gasteiger partial charge in [0.25, 0.3) is 0 Å². The Balaban J connectivity index is 1.85. The highest BCUT2D eigenvalue weighted by Gasteiger charge is 2.24. The second-order valence-corrected chi connectivity index (χ2v) is 5.48. The van der Waals surface area contributed by atoms with Crippen LogP contribution in [0.5, 0.6) is 0 Å². The molecule has 3 heterocycles. The summed E-state index contributed by atoms with van der Waals surface area (Å²) in [5.41, 5.74) is 2.46. The quantitative estimate of drug-likeness (QED) is 0.890. The largest absolute Gasteiger partial charge is 0.326 e. The average molecular weight is 259 g/mol. The van der Waals surface area contributed by atoms with Crippen molar-refractivity contribution in [3.8, 4) is 0 Å². The Morgan fingerprint density at radius 3 is 3.00 bits per heavy atom. The van der Waals surface area contributed by atoms with Gasteiger partial charge in [-0.05, 0) is 33.1 Å². The zero-order valence-corrected chi connectivity index (χ0v) is 11.5. The maximum absolute atomic E-state index is 4.35. The van der Waals surface area contributed by atoms with Crippen LogP contribution in [0.1, 0.15) is 56.5 Å². The van der Waals surface area contributed by atoms with Crippen LogP contribution >= 0.6 is 0 Å². The molecule has 1 fully saturated rings. The van der Waals surface area contributed by atoms with Gasteiger partial charge in [-0.15, -0.1) is 0 Å². The zero-order chi connectivity index (χ0) is 13.2. The number of nitrogens with zero attached hydrogens (tertiary/aromatic N) is 3. The van der Waals surface area contributed by atoms with Gasteiger partial charge in [-0.25, -0.2) is 4.98 Å². The number of rotatable bonds is 3. The van der Waals surface area contributed by atoms with E-state index in [9.17, 15) is 0 Å². The van der Waals surface area contributed by atoms with Crippen molar-refractivity contribution in [2.45, 2.75) is 51.2 Å². The molecular weight excluding hydrogens is 238 g/mol. The first kappa shape index (κ1) is 12.4. The third kappa shape index (κ3) is 2.42. The Hall–Kier alpha value is -1.62. The highest BCUT2D eigenvalue weighted by atomic mass is 15.1. The smallest absolute Gasteiger partial charge is 0.0954 e. The van der Waals surface area contributed by atoms with Gasteiger partial charge in [0.15, 0.2) is 0 Å². The highest BCUT2D eigenvalue weighted by Crippen LogP contribution is 2.28. The number of piperidine rings is 1. The molecule has 0 radical (unpaired) electrons. The van der Waals surface area contributed by atoms with E-state index in [0.29, 0.717) is 12.1 Å². The molecule has 1 aliphatic rings. The molecule has 1 aliphatic heterocycles. The fourth-order valence-corrected chi connectivity index (χ4v) is 2.93. The third-order valence-electron chi connectivity index (χ3n) is 4.09. The summed E-state index contributed by atoms with van der Waals surface area (Å²) >= 11 is 0. The minimum atomic E-state index is 0.260. The van der Waals surface area contributed by atoms with Gasteiger partial charge >= 0.3 is 0 Å². The van der Waals surface area contributed by atoms with Crippen molar-refractivity contribution in [2.24, 2.45) is 0 Å². The summed E-state index contributed by atoms with van der Waals surface area (Å²) in [6, 6.07) is 1.27. The molecule has 2 aromatic heterocycles. The Morgan fingerprint density at radius 2 is 2.26 bits per heavy atom. The number of imidazole rings is 1. The lowest BCUT2D eigenvalue weighted by Gasteiger charge is -2.30. The number of nitrogens with one attached hydrogen (secondary N) is 2. The van der Waals surface area contributed by atoms with E-state index in [1.165, 1.54) is 30.5 Å². The first-order chi connectivity index (χ1) is 9.25. The first-order valence-electron chi connectivity index (χ1n) is 7.02. The fraction of sp³-hybridized carbons (Fsp3) is 0.571. The number of H-pyrrole nitrogens is 1. The molecule has 3 rings (SSSR count). The van der Waals surface area contributed by atoms with Crippen molar-refractivity contribution < 1.29 is 0 Å². The van der Waals surface area contributed by atoms with Crippen molar-refractivity contribution in [1.82, 2.24) is 25.1 Å². The molecule has 5 nitrogen and oxygen atoms in total. The first-order valence-corrected chi connectivity index (χ1v) is 7.02. The molecule has 2 N–H and O–H groups in total. The van der Waals surface area contributed by atoms with E-state index in [-0.39, 0.29) is 6.04 Å². The molecule has 5 heteroatoms. The Morgan fingerprint density at radius 1 is 1.37 bits per heavy atom. The summed E-state index contributed by atoms with van der Waals surface area (Å²) in [4.78, 5) is 4.35. The van der Waals surface area contributed by atoms with E-state index >= 15 is 0 Å². The maximum atomic E-state index is 4.35. The number of hydrogen-bond donors (Lipinski definition) is 2. The van der Waals surface area contributed by atoms with Crippen LogP contribution in [0.3, 0.4) is 0 Å². The third-order valence-corrected chi connectivity index (χ3v) is 4.09. The molecule has 0 amide bonds. The predicted octanol–water partition coefficient (Wildman–Crippen LogP) is 2.42. The van der Waals surface area contributed by atoms with Gasteiger partial charge < -0.3 is 9.88 Å². The number of aromatic amines is 1. The number of aromatic nitrogens is 4. The molecule has 19 heavy (non-hydrogen) atoms. The van der Waals surface area contributed by atoms with Crippen LogP contribution in [0.15, 0.2) is 24.9 Å². The van der Waals surface area contributed by atoms with Crippen LogP contribution in [-0.2, 0) is 0 Å². The SMILES string of the molecule is CC1CCCC(c2cncn2C(C)c2cn[nH]c2)N1. The molecule has 0 bridgehead atoms. The van der Waals surface area contributed by atoms with E-state index in [2.05, 4.69) is 38.9 Å². The minimum Gasteiger partial charge on any atom is -0.326 e. The molecule has 0 aliphatic carbocycles. The van der Waals surface area contributed by atoms with Crippen LogP contribution in [0.4, 0.5) is 0 Å². The van der Waals surface area contributed by atoms with E-state index < -0.39 is 0 Å². The second-order valence-electron chi connectivity index (χ2n) is 5.48. The molecule has 3 unspecified atom stereocenters. The average Bonchev–Trinajstić information content (AvgIpc) is 3.09. The standard InChI is InChI=1S/C14H21N5/c1-10-4-3-5-13(18-10)14-8-15-9-19(14)11(2)12-6-16-17-7-12/h6-11,13,18H,3-5H2,1-2H3,(H,16,17). The van der Waals surface area contributed by atoms with E-state index in [1.807, 2.05) is 24.9 Å². The van der Waals surface area contributed by atoms with E-state index in [1.54, 1.807) is 0 Å². The van der Waals surface area contributed by atoms with Gasteiger partial charge in [0.05, 0.1) is 24.3 Å². The summed E-state index contributed by atoms with van der Waals surface area (Å²) in [6.07, 6.45) is 11.5. The van der Waals surface area contributed by atoms with Gasteiger partial charge in [0.2, 0.25) is 0 Å². The summed E-state index contributed by atoms with van der Waals surface area (Å²) in [5, 5.41) is 10.6. The Kier molecular flexibility index (Phi) is 3.38. The van der Waals surface area contributed by atoms with Crippen LogP contribution in [-0.4, -0.2) is 25.8 Å². The van der Waals surface area contributed by atoms with Crippen molar-refractivity contribution >= 4 is 0 Å². The van der Waals surface area contributed by atoms with Crippen molar-refractivity contribution in [1.29, 1.82) is 0 Å². The predicted molar refractivity (Wildman–Crippen MR) is 73.8 cm³/mol. The van der Waals surface area contributed by atoms with Gasteiger partial charge in [-0.1, -0.05) is 0 Å².